The zero-order valence-corrected chi connectivity index (χ0v) is 26.8. The molecule has 10 heteroatoms. The maximum atomic E-state index is 13.9. The van der Waals surface area contributed by atoms with E-state index in [0.717, 1.165) is 22.9 Å². The maximum absolute atomic E-state index is 13.9. The van der Waals surface area contributed by atoms with Gasteiger partial charge in [0.15, 0.2) is 0 Å². The fourth-order valence-corrected chi connectivity index (χ4v) is 5.88. The SMILES string of the molecule is Cc1cccc(N(CCCC(=O)N(Cc2ccc(Cl)c(Cl)c2)[C@H](Cc2ccccc2)C(=O)NCC(C)C)S(C)(=O)=O)c1. The predicted octanol–water partition coefficient (Wildman–Crippen LogP) is 6.26. The number of benzene rings is 3. The molecule has 0 saturated heterocycles. The van der Waals surface area contributed by atoms with E-state index in [1.807, 2.05) is 57.2 Å². The first kappa shape index (κ1) is 33.4. The van der Waals surface area contributed by atoms with E-state index in [4.69, 9.17) is 23.2 Å². The molecule has 3 aromatic carbocycles. The summed E-state index contributed by atoms with van der Waals surface area (Å²) in [6.45, 7) is 6.64. The highest BCUT2D eigenvalue weighted by molar-refractivity contribution is 7.92. The van der Waals surface area contributed by atoms with Crippen LogP contribution in [-0.2, 0) is 32.6 Å². The van der Waals surface area contributed by atoms with Gasteiger partial charge in [-0.1, -0.05) is 85.6 Å². The van der Waals surface area contributed by atoms with Crippen molar-refractivity contribution < 1.29 is 18.0 Å². The molecule has 0 aliphatic heterocycles. The van der Waals surface area contributed by atoms with Gasteiger partial charge >= 0.3 is 0 Å². The number of sulfonamides is 1. The van der Waals surface area contributed by atoms with E-state index in [9.17, 15) is 18.0 Å². The van der Waals surface area contributed by atoms with Crippen molar-refractivity contribution in [2.45, 2.75) is 52.6 Å². The van der Waals surface area contributed by atoms with Crippen LogP contribution < -0.4 is 9.62 Å². The number of carbonyl (C=O) groups is 2. The van der Waals surface area contributed by atoms with Crippen LogP contribution in [0.4, 0.5) is 5.69 Å². The zero-order chi connectivity index (χ0) is 30.9. The van der Waals surface area contributed by atoms with Crippen LogP contribution in [0, 0.1) is 12.8 Å². The lowest BCUT2D eigenvalue weighted by molar-refractivity contribution is -0.141. The molecule has 0 fully saturated rings. The summed E-state index contributed by atoms with van der Waals surface area (Å²) in [5.41, 5.74) is 3.12. The van der Waals surface area contributed by atoms with Crippen LogP contribution in [0.5, 0.6) is 0 Å². The molecule has 2 amide bonds. The maximum Gasteiger partial charge on any atom is 0.243 e. The highest BCUT2D eigenvalue weighted by Gasteiger charge is 2.30. The molecule has 42 heavy (non-hydrogen) atoms. The third-order valence-corrected chi connectivity index (χ3v) is 8.67. The van der Waals surface area contributed by atoms with Crippen molar-refractivity contribution in [3.63, 3.8) is 0 Å². The second-order valence-electron chi connectivity index (χ2n) is 10.9. The summed E-state index contributed by atoms with van der Waals surface area (Å²) in [5.74, 6) is -0.285. The predicted molar refractivity (Wildman–Crippen MR) is 171 cm³/mol. The van der Waals surface area contributed by atoms with Crippen LogP contribution in [0.1, 0.15) is 43.4 Å². The largest absolute Gasteiger partial charge is 0.354 e. The van der Waals surface area contributed by atoms with Crippen LogP contribution >= 0.6 is 23.2 Å². The molecule has 3 rings (SSSR count). The molecule has 1 atom stereocenters. The van der Waals surface area contributed by atoms with Gasteiger partial charge in [-0.15, -0.1) is 0 Å². The van der Waals surface area contributed by atoms with E-state index in [-0.39, 0.29) is 43.7 Å². The van der Waals surface area contributed by atoms with E-state index in [1.165, 1.54) is 4.31 Å². The minimum absolute atomic E-state index is 0.0436. The lowest BCUT2D eigenvalue weighted by Crippen LogP contribution is -2.51. The van der Waals surface area contributed by atoms with Crippen LogP contribution in [0.25, 0.3) is 0 Å². The standard InChI is InChI=1S/C32H39Cl2N3O4S/c1-23(2)21-35-32(39)30(20-25-11-6-5-7-12-25)36(22-26-15-16-28(33)29(34)19-26)31(38)14-9-17-37(42(4,40)41)27-13-8-10-24(3)18-27/h5-8,10-13,15-16,18-19,23,30H,9,14,17,20-22H2,1-4H3,(H,35,39)/t30-/m1/s1. The molecule has 0 heterocycles. The molecular weight excluding hydrogens is 593 g/mol. The number of hydrogen-bond acceptors (Lipinski definition) is 4. The van der Waals surface area contributed by atoms with Crippen LogP contribution in [0.3, 0.4) is 0 Å². The van der Waals surface area contributed by atoms with Crippen molar-refractivity contribution in [1.82, 2.24) is 10.2 Å². The Labute approximate surface area is 259 Å². The summed E-state index contributed by atoms with van der Waals surface area (Å²) in [5, 5.41) is 3.75. The zero-order valence-electron chi connectivity index (χ0n) is 24.5. The molecule has 0 unspecified atom stereocenters. The van der Waals surface area contributed by atoms with Gasteiger partial charge in [-0.2, -0.15) is 0 Å². The Bertz CT molecular complexity index is 1470. The van der Waals surface area contributed by atoms with E-state index in [0.29, 0.717) is 28.7 Å². The summed E-state index contributed by atoms with van der Waals surface area (Å²) in [6, 6.07) is 21.1. The number of nitrogens with zero attached hydrogens (tertiary/aromatic N) is 2. The molecular formula is C32H39Cl2N3O4S. The molecule has 0 spiro atoms. The number of anilines is 1. The minimum Gasteiger partial charge on any atom is -0.354 e. The molecule has 1 N–H and O–H groups in total. The quantitative estimate of drug-likeness (QED) is 0.227. The average molecular weight is 633 g/mol. The lowest BCUT2D eigenvalue weighted by Gasteiger charge is -2.32. The Balaban J connectivity index is 1.90. The van der Waals surface area contributed by atoms with Crippen molar-refractivity contribution in [3.8, 4) is 0 Å². The lowest BCUT2D eigenvalue weighted by atomic mass is 10.0. The second kappa shape index (κ2) is 15.4. The summed E-state index contributed by atoms with van der Waals surface area (Å²) in [7, 11) is -3.58. The van der Waals surface area contributed by atoms with Crippen molar-refractivity contribution >= 4 is 50.7 Å². The Morgan fingerprint density at radius 2 is 1.62 bits per heavy atom. The smallest absolute Gasteiger partial charge is 0.243 e. The van der Waals surface area contributed by atoms with E-state index in [2.05, 4.69) is 5.32 Å². The number of hydrogen-bond donors (Lipinski definition) is 1. The number of carbonyl (C=O) groups excluding carboxylic acids is 2. The van der Waals surface area contributed by atoms with Crippen LogP contribution in [0.2, 0.25) is 10.0 Å². The summed E-state index contributed by atoms with van der Waals surface area (Å²) in [4.78, 5) is 29.1. The highest BCUT2D eigenvalue weighted by Crippen LogP contribution is 2.25. The molecule has 0 aromatic heterocycles. The van der Waals surface area contributed by atoms with E-state index in [1.54, 1.807) is 41.3 Å². The van der Waals surface area contributed by atoms with Crippen LogP contribution in [-0.4, -0.2) is 50.5 Å². The van der Waals surface area contributed by atoms with E-state index < -0.39 is 16.1 Å². The number of rotatable bonds is 14. The van der Waals surface area contributed by atoms with Gasteiger partial charge in [0.25, 0.3) is 0 Å². The molecule has 0 saturated carbocycles. The molecule has 0 aliphatic carbocycles. The Kier molecular flexibility index (Phi) is 12.3. The fraction of sp³-hybridized carbons (Fsp3) is 0.375. The minimum atomic E-state index is -3.58. The topological polar surface area (TPSA) is 86.8 Å². The van der Waals surface area contributed by atoms with Gasteiger partial charge in [0.2, 0.25) is 21.8 Å². The molecule has 0 radical (unpaired) electrons. The first-order chi connectivity index (χ1) is 19.8. The third kappa shape index (κ3) is 10.0. The molecule has 7 nitrogen and oxygen atoms in total. The van der Waals surface area contributed by atoms with Crippen molar-refractivity contribution in [2.24, 2.45) is 5.92 Å². The van der Waals surface area contributed by atoms with Crippen molar-refractivity contribution in [1.29, 1.82) is 0 Å². The number of aryl methyl sites for hydroxylation is 1. The Morgan fingerprint density at radius 1 is 0.905 bits per heavy atom. The molecule has 226 valence electrons. The molecule has 0 aliphatic rings. The Hall–Kier alpha value is -3.07. The highest BCUT2D eigenvalue weighted by atomic mass is 35.5. The number of halogens is 2. The van der Waals surface area contributed by atoms with Crippen LogP contribution in [0.15, 0.2) is 72.8 Å². The monoisotopic (exact) mass is 631 g/mol. The normalized spacial score (nSPS) is 12.2. The number of nitrogens with one attached hydrogen (secondary N) is 1. The fourth-order valence-electron chi connectivity index (χ4n) is 4.60. The summed E-state index contributed by atoms with van der Waals surface area (Å²) in [6.07, 6.45) is 1.78. The van der Waals surface area contributed by atoms with Gasteiger partial charge < -0.3 is 10.2 Å². The first-order valence-corrected chi connectivity index (χ1v) is 16.5. The van der Waals surface area contributed by atoms with Gasteiger partial charge in [0.1, 0.15) is 6.04 Å². The second-order valence-corrected chi connectivity index (χ2v) is 13.6. The van der Waals surface area contributed by atoms with Crippen molar-refractivity contribution in [2.75, 3.05) is 23.7 Å². The summed E-state index contributed by atoms with van der Waals surface area (Å²) >= 11 is 12.4. The number of amides is 2. The summed E-state index contributed by atoms with van der Waals surface area (Å²) < 4.78 is 26.6. The van der Waals surface area contributed by atoms with Gasteiger partial charge in [-0.25, -0.2) is 8.42 Å². The molecule has 0 bridgehead atoms. The van der Waals surface area contributed by atoms with Gasteiger partial charge in [-0.05, 0) is 60.2 Å². The van der Waals surface area contributed by atoms with Gasteiger partial charge in [-0.3, -0.25) is 13.9 Å². The molecule has 3 aromatic rings. The van der Waals surface area contributed by atoms with E-state index >= 15 is 0 Å². The van der Waals surface area contributed by atoms with Crippen molar-refractivity contribution in [3.05, 3.63) is 99.5 Å². The average Bonchev–Trinajstić information content (AvgIpc) is 2.93. The first-order valence-electron chi connectivity index (χ1n) is 13.9. The van der Waals surface area contributed by atoms with Gasteiger partial charge in [0.05, 0.1) is 22.0 Å². The van der Waals surface area contributed by atoms with Gasteiger partial charge in [0, 0.05) is 32.5 Å². The Morgan fingerprint density at radius 3 is 2.24 bits per heavy atom. The third-order valence-electron chi connectivity index (χ3n) is 6.73.